The van der Waals surface area contributed by atoms with Crippen LogP contribution < -0.4 is 11.1 Å². The molecule has 0 spiro atoms. The molecule has 0 aliphatic heterocycles. The predicted octanol–water partition coefficient (Wildman–Crippen LogP) is 2.11. The van der Waals surface area contributed by atoms with Crippen molar-refractivity contribution >= 4 is 5.69 Å². The molecule has 0 saturated heterocycles. The fraction of sp³-hybridized carbons (Fsp3) is 0.455. The average molecular weight is 176 g/mol. The second kappa shape index (κ2) is 3.79. The highest BCUT2D eigenvalue weighted by atomic mass is 14.9. The summed E-state index contributed by atoms with van der Waals surface area (Å²) >= 11 is 0. The first-order valence-electron chi connectivity index (χ1n) is 4.94. The van der Waals surface area contributed by atoms with E-state index in [1.54, 1.807) is 0 Å². The van der Waals surface area contributed by atoms with Gasteiger partial charge < -0.3 is 11.1 Å². The van der Waals surface area contributed by atoms with Gasteiger partial charge in [-0.2, -0.15) is 0 Å². The molecule has 70 valence electrons. The van der Waals surface area contributed by atoms with Crippen LogP contribution in [0.15, 0.2) is 24.3 Å². The monoisotopic (exact) mass is 176 g/mol. The van der Waals surface area contributed by atoms with Crippen molar-refractivity contribution in [3.8, 4) is 0 Å². The van der Waals surface area contributed by atoms with Crippen molar-refractivity contribution in [2.24, 2.45) is 5.73 Å². The largest absolute Gasteiger partial charge is 0.382 e. The molecule has 2 nitrogen and oxygen atoms in total. The van der Waals surface area contributed by atoms with E-state index in [0.717, 1.165) is 0 Å². The highest BCUT2D eigenvalue weighted by Crippen LogP contribution is 2.24. The minimum absolute atomic E-state index is 0.621. The number of nitrogens with one attached hydrogen (secondary N) is 1. The van der Waals surface area contributed by atoms with E-state index in [9.17, 15) is 0 Å². The summed E-state index contributed by atoms with van der Waals surface area (Å²) in [7, 11) is 0. The lowest BCUT2D eigenvalue weighted by Crippen LogP contribution is -2.27. The lowest BCUT2D eigenvalue weighted by molar-refractivity contribution is 0.445. The lowest BCUT2D eigenvalue weighted by Gasteiger charge is -2.28. The van der Waals surface area contributed by atoms with Crippen molar-refractivity contribution in [3.63, 3.8) is 0 Å². The van der Waals surface area contributed by atoms with Gasteiger partial charge in [0, 0.05) is 18.3 Å². The zero-order chi connectivity index (χ0) is 9.10. The fourth-order valence-corrected chi connectivity index (χ4v) is 1.61. The van der Waals surface area contributed by atoms with Crippen LogP contribution in [0.1, 0.15) is 24.8 Å². The fourth-order valence-electron chi connectivity index (χ4n) is 1.61. The van der Waals surface area contributed by atoms with E-state index >= 15 is 0 Å². The highest BCUT2D eigenvalue weighted by molar-refractivity contribution is 5.51. The summed E-state index contributed by atoms with van der Waals surface area (Å²) in [5.74, 6) is 0. The van der Waals surface area contributed by atoms with Gasteiger partial charge in [0.25, 0.3) is 0 Å². The Balaban J connectivity index is 2.08. The minimum Gasteiger partial charge on any atom is -0.382 e. The topological polar surface area (TPSA) is 38.0 Å². The van der Waals surface area contributed by atoms with E-state index in [2.05, 4.69) is 23.5 Å². The van der Waals surface area contributed by atoms with E-state index < -0.39 is 0 Å². The van der Waals surface area contributed by atoms with Crippen molar-refractivity contribution in [3.05, 3.63) is 29.8 Å². The summed E-state index contributed by atoms with van der Waals surface area (Å²) < 4.78 is 0. The second-order valence-corrected chi connectivity index (χ2v) is 3.63. The zero-order valence-corrected chi connectivity index (χ0v) is 7.79. The van der Waals surface area contributed by atoms with Crippen LogP contribution in [0.2, 0.25) is 0 Å². The Kier molecular flexibility index (Phi) is 2.50. The van der Waals surface area contributed by atoms with Crippen molar-refractivity contribution in [2.75, 3.05) is 5.32 Å². The zero-order valence-electron chi connectivity index (χ0n) is 7.79. The van der Waals surface area contributed by atoms with Gasteiger partial charge in [-0.1, -0.05) is 18.2 Å². The second-order valence-electron chi connectivity index (χ2n) is 3.63. The molecule has 0 atom stereocenters. The van der Waals surface area contributed by atoms with E-state index in [1.165, 1.54) is 30.5 Å². The Morgan fingerprint density at radius 2 is 2.08 bits per heavy atom. The third kappa shape index (κ3) is 1.83. The van der Waals surface area contributed by atoms with Crippen LogP contribution in [-0.4, -0.2) is 6.04 Å². The number of anilines is 1. The maximum atomic E-state index is 5.65. The molecule has 1 aromatic carbocycles. The molecule has 1 saturated carbocycles. The number of benzene rings is 1. The van der Waals surface area contributed by atoms with Gasteiger partial charge in [-0.15, -0.1) is 0 Å². The molecule has 0 aromatic heterocycles. The first kappa shape index (κ1) is 8.57. The highest BCUT2D eigenvalue weighted by Gasteiger charge is 2.17. The van der Waals surface area contributed by atoms with E-state index in [1.807, 2.05) is 6.07 Å². The smallest absolute Gasteiger partial charge is 0.0387 e. The number of hydrogen-bond acceptors (Lipinski definition) is 2. The first-order chi connectivity index (χ1) is 6.40. The Labute approximate surface area is 79.1 Å². The molecule has 2 rings (SSSR count). The molecule has 13 heavy (non-hydrogen) atoms. The number of nitrogens with two attached hydrogens (primary N) is 1. The predicted molar refractivity (Wildman–Crippen MR) is 55.6 cm³/mol. The molecular weight excluding hydrogens is 160 g/mol. The van der Waals surface area contributed by atoms with Crippen LogP contribution in [0.25, 0.3) is 0 Å². The van der Waals surface area contributed by atoms with Crippen LogP contribution >= 0.6 is 0 Å². The third-order valence-electron chi connectivity index (χ3n) is 2.70. The molecular formula is C11H16N2. The van der Waals surface area contributed by atoms with Crippen molar-refractivity contribution in [2.45, 2.75) is 31.8 Å². The molecule has 0 bridgehead atoms. The number of rotatable bonds is 3. The standard InChI is InChI=1S/C11H16N2/c12-8-9-4-1-2-7-11(9)13-10-5-3-6-10/h1-2,4,7,10,13H,3,5-6,8,12H2. The molecule has 1 aromatic rings. The Morgan fingerprint density at radius 3 is 2.69 bits per heavy atom. The van der Waals surface area contributed by atoms with E-state index in [0.29, 0.717) is 12.6 Å². The van der Waals surface area contributed by atoms with E-state index in [4.69, 9.17) is 5.73 Å². The van der Waals surface area contributed by atoms with E-state index in [-0.39, 0.29) is 0 Å². The van der Waals surface area contributed by atoms with Crippen LogP contribution in [0.3, 0.4) is 0 Å². The molecule has 0 heterocycles. The van der Waals surface area contributed by atoms with Gasteiger partial charge in [0.05, 0.1) is 0 Å². The summed E-state index contributed by atoms with van der Waals surface area (Å²) in [4.78, 5) is 0. The Hall–Kier alpha value is -1.02. The van der Waals surface area contributed by atoms with Crippen LogP contribution in [-0.2, 0) is 6.54 Å². The Bertz CT molecular complexity index is 279. The van der Waals surface area contributed by atoms with Gasteiger partial charge >= 0.3 is 0 Å². The lowest BCUT2D eigenvalue weighted by atomic mass is 9.92. The van der Waals surface area contributed by atoms with Crippen molar-refractivity contribution in [1.82, 2.24) is 0 Å². The minimum atomic E-state index is 0.621. The Morgan fingerprint density at radius 1 is 1.31 bits per heavy atom. The molecule has 2 heteroatoms. The van der Waals surface area contributed by atoms with Gasteiger partial charge in [-0.05, 0) is 30.9 Å². The van der Waals surface area contributed by atoms with Crippen LogP contribution in [0, 0.1) is 0 Å². The maximum Gasteiger partial charge on any atom is 0.0387 e. The van der Waals surface area contributed by atoms with Gasteiger partial charge in [-0.25, -0.2) is 0 Å². The van der Waals surface area contributed by atoms with Crippen molar-refractivity contribution < 1.29 is 0 Å². The van der Waals surface area contributed by atoms with Gasteiger partial charge in [0.1, 0.15) is 0 Å². The first-order valence-corrected chi connectivity index (χ1v) is 4.94. The number of hydrogen-bond donors (Lipinski definition) is 2. The molecule has 1 fully saturated rings. The summed E-state index contributed by atoms with van der Waals surface area (Å²) in [6.07, 6.45) is 3.97. The third-order valence-corrected chi connectivity index (χ3v) is 2.70. The maximum absolute atomic E-state index is 5.65. The van der Waals surface area contributed by atoms with Gasteiger partial charge in [0.15, 0.2) is 0 Å². The van der Waals surface area contributed by atoms with Gasteiger partial charge in [0.2, 0.25) is 0 Å². The molecule has 0 unspecified atom stereocenters. The molecule has 1 aliphatic rings. The normalized spacial score (nSPS) is 16.7. The SMILES string of the molecule is NCc1ccccc1NC1CCC1. The van der Waals surface area contributed by atoms with Crippen molar-refractivity contribution in [1.29, 1.82) is 0 Å². The number of para-hydroxylation sites is 1. The summed E-state index contributed by atoms with van der Waals surface area (Å²) in [6, 6.07) is 8.98. The quantitative estimate of drug-likeness (QED) is 0.740. The van der Waals surface area contributed by atoms with Crippen LogP contribution in [0.5, 0.6) is 0 Å². The summed E-state index contributed by atoms with van der Waals surface area (Å²) in [5, 5.41) is 3.52. The molecule has 1 aliphatic carbocycles. The van der Waals surface area contributed by atoms with Gasteiger partial charge in [-0.3, -0.25) is 0 Å². The summed E-state index contributed by atoms with van der Waals surface area (Å²) in [6.45, 7) is 0.621. The average Bonchev–Trinajstić information content (AvgIpc) is 2.12. The molecule has 0 amide bonds. The molecule has 0 radical (unpaired) electrons. The summed E-state index contributed by atoms with van der Waals surface area (Å²) in [5.41, 5.74) is 8.08. The molecule has 3 N–H and O–H groups in total. The van der Waals surface area contributed by atoms with Crippen LogP contribution in [0.4, 0.5) is 5.69 Å².